The molecule has 0 bridgehead atoms. The van der Waals surface area contributed by atoms with Crippen molar-refractivity contribution in [1.29, 1.82) is 0 Å². The third-order valence-corrected chi connectivity index (χ3v) is 4.43. The molecule has 0 unspecified atom stereocenters. The molecule has 0 atom stereocenters. The lowest BCUT2D eigenvalue weighted by Gasteiger charge is -2.07. The van der Waals surface area contributed by atoms with Gasteiger partial charge in [-0.3, -0.25) is 4.79 Å². The molecule has 0 fully saturated rings. The Morgan fingerprint density at radius 3 is 2.68 bits per heavy atom. The van der Waals surface area contributed by atoms with E-state index < -0.39 is 0 Å². The fraction of sp³-hybridized carbons (Fsp3) is 0.143. The molecule has 28 heavy (non-hydrogen) atoms. The number of ether oxygens (including phenoxy) is 2. The van der Waals surface area contributed by atoms with Crippen molar-refractivity contribution in [2.75, 3.05) is 14.2 Å². The SMILES string of the molecule is COc1ccc(-c2cc(CNC(=O)c3cc4ccccc4[nH]3)no2)cc1OC. The zero-order valence-electron chi connectivity index (χ0n) is 15.5. The van der Waals surface area contributed by atoms with Crippen molar-refractivity contribution in [2.24, 2.45) is 0 Å². The molecule has 2 heterocycles. The van der Waals surface area contributed by atoms with Crippen LogP contribution in [0.25, 0.3) is 22.2 Å². The van der Waals surface area contributed by atoms with Crippen LogP contribution in [0.2, 0.25) is 0 Å². The van der Waals surface area contributed by atoms with Crippen LogP contribution < -0.4 is 14.8 Å². The average Bonchev–Trinajstić information content (AvgIpc) is 3.38. The number of fused-ring (bicyclic) bond motifs is 1. The highest BCUT2D eigenvalue weighted by Gasteiger charge is 2.13. The smallest absolute Gasteiger partial charge is 0.268 e. The van der Waals surface area contributed by atoms with Gasteiger partial charge in [0.1, 0.15) is 11.4 Å². The van der Waals surface area contributed by atoms with Crippen LogP contribution in [0, 0.1) is 0 Å². The second kappa shape index (κ2) is 7.48. The zero-order chi connectivity index (χ0) is 19.5. The second-order valence-corrected chi connectivity index (χ2v) is 6.21. The van der Waals surface area contributed by atoms with Crippen molar-refractivity contribution in [1.82, 2.24) is 15.5 Å². The van der Waals surface area contributed by atoms with Gasteiger partial charge < -0.3 is 24.3 Å². The summed E-state index contributed by atoms with van der Waals surface area (Å²) in [5.74, 6) is 1.62. The summed E-state index contributed by atoms with van der Waals surface area (Å²) >= 11 is 0. The van der Waals surface area contributed by atoms with Crippen molar-refractivity contribution in [2.45, 2.75) is 6.54 Å². The van der Waals surface area contributed by atoms with E-state index in [1.54, 1.807) is 26.4 Å². The highest BCUT2D eigenvalue weighted by Crippen LogP contribution is 2.32. The molecule has 4 rings (SSSR count). The summed E-state index contributed by atoms with van der Waals surface area (Å²) in [5.41, 5.74) is 2.85. The number of benzene rings is 2. The monoisotopic (exact) mass is 377 g/mol. The van der Waals surface area contributed by atoms with E-state index in [9.17, 15) is 4.79 Å². The minimum absolute atomic E-state index is 0.202. The number of amides is 1. The molecule has 2 aromatic heterocycles. The van der Waals surface area contributed by atoms with Crippen LogP contribution in [0.5, 0.6) is 11.5 Å². The van der Waals surface area contributed by atoms with Gasteiger partial charge in [-0.05, 0) is 30.3 Å². The fourth-order valence-corrected chi connectivity index (χ4v) is 2.98. The Morgan fingerprint density at radius 2 is 1.89 bits per heavy atom. The van der Waals surface area contributed by atoms with Gasteiger partial charge in [0.2, 0.25) is 0 Å². The Hall–Kier alpha value is -3.74. The van der Waals surface area contributed by atoms with E-state index >= 15 is 0 Å². The van der Waals surface area contributed by atoms with Crippen molar-refractivity contribution in [3.05, 3.63) is 66.0 Å². The second-order valence-electron chi connectivity index (χ2n) is 6.21. The van der Waals surface area contributed by atoms with E-state index in [1.165, 1.54) is 0 Å². The van der Waals surface area contributed by atoms with Crippen LogP contribution >= 0.6 is 0 Å². The first-order valence-corrected chi connectivity index (χ1v) is 8.72. The molecular weight excluding hydrogens is 358 g/mol. The quantitative estimate of drug-likeness (QED) is 0.534. The molecule has 7 nitrogen and oxygen atoms in total. The Morgan fingerprint density at radius 1 is 1.07 bits per heavy atom. The van der Waals surface area contributed by atoms with Gasteiger partial charge in [0.15, 0.2) is 17.3 Å². The number of para-hydroxylation sites is 1. The standard InChI is InChI=1S/C21H19N3O4/c1-26-18-8-7-14(10-20(18)27-2)19-11-15(24-28-19)12-22-21(25)17-9-13-5-3-4-6-16(13)23-17/h3-11,23H,12H2,1-2H3,(H,22,25). The molecular formula is C21H19N3O4. The van der Waals surface area contributed by atoms with Crippen molar-refractivity contribution >= 4 is 16.8 Å². The van der Waals surface area contributed by atoms with E-state index in [-0.39, 0.29) is 12.5 Å². The molecule has 7 heteroatoms. The first kappa shape index (κ1) is 17.7. The van der Waals surface area contributed by atoms with Crippen LogP contribution in [-0.4, -0.2) is 30.3 Å². The lowest BCUT2D eigenvalue weighted by molar-refractivity contribution is 0.0946. The van der Waals surface area contributed by atoms with Crippen molar-refractivity contribution < 1.29 is 18.8 Å². The third kappa shape index (κ3) is 3.42. The summed E-state index contributed by atoms with van der Waals surface area (Å²) in [4.78, 5) is 15.5. The largest absolute Gasteiger partial charge is 0.493 e. The van der Waals surface area contributed by atoms with Gasteiger partial charge in [0.25, 0.3) is 5.91 Å². The molecule has 0 saturated heterocycles. The Balaban J connectivity index is 1.45. The molecule has 0 spiro atoms. The summed E-state index contributed by atoms with van der Waals surface area (Å²) in [5, 5.41) is 7.86. The van der Waals surface area contributed by atoms with Gasteiger partial charge >= 0.3 is 0 Å². The predicted octanol–water partition coefficient (Wildman–Crippen LogP) is 3.77. The summed E-state index contributed by atoms with van der Waals surface area (Å²) in [7, 11) is 3.16. The highest BCUT2D eigenvalue weighted by molar-refractivity contribution is 5.97. The molecule has 1 amide bonds. The van der Waals surface area contributed by atoms with E-state index in [2.05, 4.69) is 15.5 Å². The molecule has 142 valence electrons. The minimum Gasteiger partial charge on any atom is -0.493 e. The molecule has 0 aliphatic carbocycles. The number of hydrogen-bond donors (Lipinski definition) is 2. The first-order valence-electron chi connectivity index (χ1n) is 8.72. The average molecular weight is 377 g/mol. The van der Waals surface area contributed by atoms with E-state index in [0.29, 0.717) is 28.6 Å². The highest BCUT2D eigenvalue weighted by atomic mass is 16.5. The molecule has 0 saturated carbocycles. The van der Waals surface area contributed by atoms with Gasteiger partial charge in [0.05, 0.1) is 20.8 Å². The number of nitrogens with one attached hydrogen (secondary N) is 2. The summed E-state index contributed by atoms with van der Waals surface area (Å²) in [6.45, 7) is 0.255. The maximum atomic E-state index is 12.4. The number of hydrogen-bond acceptors (Lipinski definition) is 5. The Labute approximate surface area is 161 Å². The number of rotatable bonds is 6. The maximum absolute atomic E-state index is 12.4. The normalized spacial score (nSPS) is 10.8. The Kier molecular flexibility index (Phi) is 4.72. The fourth-order valence-electron chi connectivity index (χ4n) is 2.98. The molecule has 0 aliphatic heterocycles. The summed E-state index contributed by atoms with van der Waals surface area (Å²) in [6, 6.07) is 16.8. The summed E-state index contributed by atoms with van der Waals surface area (Å²) in [6.07, 6.45) is 0. The predicted molar refractivity (Wildman–Crippen MR) is 105 cm³/mol. The van der Waals surface area contributed by atoms with Crippen LogP contribution in [0.3, 0.4) is 0 Å². The lowest BCUT2D eigenvalue weighted by atomic mass is 10.1. The number of aromatic amines is 1. The lowest BCUT2D eigenvalue weighted by Crippen LogP contribution is -2.23. The number of carbonyl (C=O) groups is 1. The van der Waals surface area contributed by atoms with E-state index in [1.807, 2.05) is 42.5 Å². The molecule has 0 radical (unpaired) electrons. The van der Waals surface area contributed by atoms with Gasteiger partial charge in [-0.25, -0.2) is 0 Å². The number of methoxy groups -OCH3 is 2. The first-order chi connectivity index (χ1) is 13.7. The number of carbonyl (C=O) groups excluding carboxylic acids is 1. The van der Waals surface area contributed by atoms with Crippen LogP contribution in [0.1, 0.15) is 16.2 Å². The van der Waals surface area contributed by atoms with Gasteiger partial charge in [0, 0.05) is 22.5 Å². The minimum atomic E-state index is -0.202. The molecule has 4 aromatic rings. The van der Waals surface area contributed by atoms with Crippen LogP contribution in [-0.2, 0) is 6.54 Å². The van der Waals surface area contributed by atoms with E-state index in [0.717, 1.165) is 16.5 Å². The van der Waals surface area contributed by atoms with Crippen molar-refractivity contribution in [3.8, 4) is 22.8 Å². The number of nitrogens with zero attached hydrogens (tertiary/aromatic N) is 1. The van der Waals surface area contributed by atoms with Gasteiger partial charge in [-0.1, -0.05) is 23.4 Å². The maximum Gasteiger partial charge on any atom is 0.268 e. The van der Waals surface area contributed by atoms with Crippen LogP contribution in [0.15, 0.2) is 59.1 Å². The zero-order valence-corrected chi connectivity index (χ0v) is 15.5. The molecule has 2 N–H and O–H groups in total. The van der Waals surface area contributed by atoms with E-state index in [4.69, 9.17) is 14.0 Å². The number of H-pyrrole nitrogens is 1. The summed E-state index contributed by atoms with van der Waals surface area (Å²) < 4.78 is 16.0. The van der Waals surface area contributed by atoms with Crippen LogP contribution in [0.4, 0.5) is 0 Å². The molecule has 2 aromatic carbocycles. The third-order valence-electron chi connectivity index (χ3n) is 4.43. The van der Waals surface area contributed by atoms with Gasteiger partial charge in [-0.2, -0.15) is 0 Å². The Bertz CT molecular complexity index is 1100. The van der Waals surface area contributed by atoms with Gasteiger partial charge in [-0.15, -0.1) is 0 Å². The van der Waals surface area contributed by atoms with Crippen molar-refractivity contribution in [3.63, 3.8) is 0 Å². The topological polar surface area (TPSA) is 89.4 Å². The molecule has 0 aliphatic rings. The number of aromatic nitrogens is 2.